The van der Waals surface area contributed by atoms with E-state index in [1.807, 2.05) is 13.0 Å². The zero-order valence-corrected chi connectivity index (χ0v) is 8.46. The average Bonchev–Trinajstić information content (AvgIpc) is 2.56. The van der Waals surface area contributed by atoms with Crippen LogP contribution in [0.2, 0.25) is 0 Å². The van der Waals surface area contributed by atoms with Gasteiger partial charge in [0, 0.05) is 12.0 Å². The molecule has 0 spiro atoms. The summed E-state index contributed by atoms with van der Waals surface area (Å²) in [4.78, 5) is 0. The second-order valence-corrected chi connectivity index (χ2v) is 4.23. The van der Waals surface area contributed by atoms with Crippen molar-refractivity contribution in [2.24, 2.45) is 5.73 Å². The molecule has 1 aromatic rings. The van der Waals surface area contributed by atoms with Gasteiger partial charge in [-0.3, -0.25) is 0 Å². The highest BCUT2D eigenvalue weighted by molar-refractivity contribution is 5.29. The highest BCUT2D eigenvalue weighted by Crippen LogP contribution is 2.34. The number of hydrogen-bond acceptors (Lipinski definition) is 1. The van der Waals surface area contributed by atoms with E-state index in [1.165, 1.54) is 0 Å². The first-order valence-electron chi connectivity index (χ1n) is 5.20. The molecule has 0 heterocycles. The van der Waals surface area contributed by atoms with Crippen LogP contribution in [0.5, 0.6) is 0 Å². The Bertz CT molecular complexity index is 335. The Morgan fingerprint density at radius 3 is 2.79 bits per heavy atom. The summed E-state index contributed by atoms with van der Waals surface area (Å²) in [6.07, 6.45) is 3.18. The van der Waals surface area contributed by atoms with Crippen molar-refractivity contribution in [3.05, 3.63) is 35.1 Å². The zero-order valence-electron chi connectivity index (χ0n) is 8.46. The van der Waals surface area contributed by atoms with E-state index in [4.69, 9.17) is 5.73 Å². The number of benzene rings is 1. The molecule has 0 aromatic heterocycles. The molecule has 0 aliphatic heterocycles. The molecule has 1 aliphatic carbocycles. The lowest BCUT2D eigenvalue weighted by atomic mass is 9.93. The second-order valence-electron chi connectivity index (χ2n) is 4.23. The Balaban J connectivity index is 2.34. The van der Waals surface area contributed by atoms with Crippen LogP contribution in [0.4, 0.5) is 4.39 Å². The average molecular weight is 193 g/mol. The molecule has 2 N–H and O–H groups in total. The summed E-state index contributed by atoms with van der Waals surface area (Å²) in [6.45, 7) is 1.99. The maximum Gasteiger partial charge on any atom is 0.126 e. The zero-order chi connectivity index (χ0) is 10.1. The van der Waals surface area contributed by atoms with Gasteiger partial charge in [0.25, 0.3) is 0 Å². The maximum atomic E-state index is 13.5. The molecule has 1 saturated carbocycles. The van der Waals surface area contributed by atoms with Gasteiger partial charge in [0.05, 0.1) is 0 Å². The monoisotopic (exact) mass is 193 g/mol. The van der Waals surface area contributed by atoms with Crippen LogP contribution in [0.25, 0.3) is 0 Å². The molecule has 1 aromatic carbocycles. The SMILES string of the molecule is Cc1ccc(F)c(C2CCCC2N)c1. The van der Waals surface area contributed by atoms with Crippen LogP contribution in [0.3, 0.4) is 0 Å². The Morgan fingerprint density at radius 2 is 2.14 bits per heavy atom. The van der Waals surface area contributed by atoms with E-state index in [0.717, 1.165) is 30.4 Å². The smallest absolute Gasteiger partial charge is 0.126 e. The van der Waals surface area contributed by atoms with Crippen LogP contribution >= 0.6 is 0 Å². The lowest BCUT2D eigenvalue weighted by Gasteiger charge is -2.16. The summed E-state index contributed by atoms with van der Waals surface area (Å²) in [6, 6.07) is 5.44. The number of hydrogen-bond donors (Lipinski definition) is 1. The Labute approximate surface area is 84.1 Å². The summed E-state index contributed by atoms with van der Waals surface area (Å²) in [5.41, 5.74) is 7.89. The van der Waals surface area contributed by atoms with E-state index in [-0.39, 0.29) is 17.8 Å². The van der Waals surface area contributed by atoms with E-state index in [0.29, 0.717) is 0 Å². The van der Waals surface area contributed by atoms with Gasteiger partial charge >= 0.3 is 0 Å². The second kappa shape index (κ2) is 3.70. The summed E-state index contributed by atoms with van der Waals surface area (Å²) < 4.78 is 13.5. The lowest BCUT2D eigenvalue weighted by molar-refractivity contribution is 0.549. The fourth-order valence-electron chi connectivity index (χ4n) is 2.32. The van der Waals surface area contributed by atoms with Gasteiger partial charge in [-0.1, -0.05) is 24.1 Å². The van der Waals surface area contributed by atoms with Crippen LogP contribution < -0.4 is 5.73 Å². The first-order chi connectivity index (χ1) is 6.68. The van der Waals surface area contributed by atoms with Gasteiger partial charge in [-0.15, -0.1) is 0 Å². The Morgan fingerprint density at radius 1 is 1.36 bits per heavy atom. The highest BCUT2D eigenvalue weighted by atomic mass is 19.1. The summed E-state index contributed by atoms with van der Waals surface area (Å²) in [7, 11) is 0. The van der Waals surface area contributed by atoms with Crippen molar-refractivity contribution in [1.82, 2.24) is 0 Å². The molecule has 76 valence electrons. The van der Waals surface area contributed by atoms with Gasteiger partial charge in [-0.05, 0) is 31.4 Å². The third kappa shape index (κ3) is 1.67. The maximum absolute atomic E-state index is 13.5. The first kappa shape index (κ1) is 9.66. The highest BCUT2D eigenvalue weighted by Gasteiger charge is 2.27. The van der Waals surface area contributed by atoms with Crippen molar-refractivity contribution >= 4 is 0 Å². The third-order valence-electron chi connectivity index (χ3n) is 3.12. The first-order valence-corrected chi connectivity index (χ1v) is 5.20. The molecule has 2 unspecified atom stereocenters. The predicted octanol–water partition coefficient (Wildman–Crippen LogP) is 2.73. The van der Waals surface area contributed by atoms with Gasteiger partial charge in [0.1, 0.15) is 5.82 Å². The fraction of sp³-hybridized carbons (Fsp3) is 0.500. The van der Waals surface area contributed by atoms with Crippen LogP contribution in [0.15, 0.2) is 18.2 Å². The molecule has 2 rings (SSSR count). The Kier molecular flexibility index (Phi) is 2.55. The van der Waals surface area contributed by atoms with Gasteiger partial charge in [0.15, 0.2) is 0 Å². The van der Waals surface area contributed by atoms with Crippen LogP contribution in [0.1, 0.15) is 36.3 Å². The molecule has 0 radical (unpaired) electrons. The van der Waals surface area contributed by atoms with E-state index in [9.17, 15) is 4.39 Å². The normalized spacial score (nSPS) is 26.8. The Hall–Kier alpha value is -0.890. The predicted molar refractivity (Wildman–Crippen MR) is 55.7 cm³/mol. The molecule has 2 heteroatoms. The van der Waals surface area contributed by atoms with Crippen molar-refractivity contribution in [2.75, 3.05) is 0 Å². The minimum Gasteiger partial charge on any atom is -0.327 e. The largest absolute Gasteiger partial charge is 0.327 e. The van der Waals surface area contributed by atoms with E-state index in [2.05, 4.69) is 0 Å². The molecule has 1 aliphatic rings. The molecule has 0 bridgehead atoms. The van der Waals surface area contributed by atoms with E-state index < -0.39 is 0 Å². The molecular weight excluding hydrogens is 177 g/mol. The minimum absolute atomic E-state index is 0.0991. The number of rotatable bonds is 1. The molecule has 0 saturated heterocycles. The third-order valence-corrected chi connectivity index (χ3v) is 3.12. The van der Waals surface area contributed by atoms with Crippen molar-refractivity contribution in [1.29, 1.82) is 0 Å². The standard InChI is InChI=1S/C12H16FN/c1-8-5-6-11(13)10(7-8)9-3-2-4-12(9)14/h5-7,9,12H,2-4,14H2,1H3. The van der Waals surface area contributed by atoms with Crippen LogP contribution in [-0.4, -0.2) is 6.04 Å². The quantitative estimate of drug-likeness (QED) is 0.729. The van der Waals surface area contributed by atoms with Crippen LogP contribution in [0, 0.1) is 12.7 Å². The molecule has 1 fully saturated rings. The van der Waals surface area contributed by atoms with Crippen molar-refractivity contribution in [3.8, 4) is 0 Å². The summed E-state index contributed by atoms with van der Waals surface area (Å²) in [5, 5.41) is 0. The van der Waals surface area contributed by atoms with Crippen molar-refractivity contribution < 1.29 is 4.39 Å². The van der Waals surface area contributed by atoms with Gasteiger partial charge in [-0.2, -0.15) is 0 Å². The van der Waals surface area contributed by atoms with Crippen LogP contribution in [-0.2, 0) is 0 Å². The molecule has 2 atom stereocenters. The van der Waals surface area contributed by atoms with Crippen molar-refractivity contribution in [2.45, 2.75) is 38.1 Å². The van der Waals surface area contributed by atoms with Gasteiger partial charge < -0.3 is 5.73 Å². The van der Waals surface area contributed by atoms with E-state index in [1.54, 1.807) is 12.1 Å². The molecule has 14 heavy (non-hydrogen) atoms. The molecule has 1 nitrogen and oxygen atoms in total. The number of halogens is 1. The van der Waals surface area contributed by atoms with E-state index >= 15 is 0 Å². The van der Waals surface area contributed by atoms with Crippen molar-refractivity contribution in [3.63, 3.8) is 0 Å². The summed E-state index contributed by atoms with van der Waals surface area (Å²) in [5.74, 6) is 0.132. The molecule has 0 amide bonds. The minimum atomic E-state index is -0.0991. The lowest BCUT2D eigenvalue weighted by Crippen LogP contribution is -2.23. The fourth-order valence-corrected chi connectivity index (χ4v) is 2.32. The number of nitrogens with two attached hydrogens (primary N) is 1. The number of aryl methyl sites for hydroxylation is 1. The molecular formula is C12H16FN. The van der Waals surface area contributed by atoms with Gasteiger partial charge in [0.2, 0.25) is 0 Å². The summed E-state index contributed by atoms with van der Waals surface area (Å²) >= 11 is 0. The topological polar surface area (TPSA) is 26.0 Å². The van der Waals surface area contributed by atoms with Gasteiger partial charge in [-0.25, -0.2) is 4.39 Å².